The van der Waals surface area contributed by atoms with Crippen LogP contribution in [0.3, 0.4) is 0 Å². The van der Waals surface area contributed by atoms with E-state index >= 15 is 0 Å². The second-order valence-electron chi connectivity index (χ2n) is 6.75. The molecule has 1 N–H and O–H groups in total. The van der Waals surface area contributed by atoms with Crippen molar-refractivity contribution in [1.82, 2.24) is 9.47 Å². The molecule has 2 aliphatic rings. The highest BCUT2D eigenvalue weighted by Crippen LogP contribution is 2.42. The van der Waals surface area contributed by atoms with Crippen molar-refractivity contribution in [3.05, 3.63) is 35.0 Å². The summed E-state index contributed by atoms with van der Waals surface area (Å²) < 4.78 is 2.53. The van der Waals surface area contributed by atoms with Gasteiger partial charge >= 0.3 is 0 Å². The van der Waals surface area contributed by atoms with E-state index in [1.165, 1.54) is 41.4 Å². The predicted octanol–water partition coefficient (Wildman–Crippen LogP) is 3.24. The van der Waals surface area contributed by atoms with Crippen molar-refractivity contribution in [1.29, 1.82) is 0 Å². The van der Waals surface area contributed by atoms with Gasteiger partial charge in [-0.15, -0.1) is 11.6 Å². The van der Waals surface area contributed by atoms with Crippen LogP contribution < -0.4 is 0 Å². The van der Waals surface area contributed by atoms with E-state index in [0.717, 1.165) is 13.1 Å². The fourth-order valence-electron chi connectivity index (χ4n) is 4.33. The Balaban J connectivity index is 1.81. The van der Waals surface area contributed by atoms with Gasteiger partial charge in [-0.2, -0.15) is 0 Å². The van der Waals surface area contributed by atoms with Gasteiger partial charge in [0.1, 0.15) is 0 Å². The van der Waals surface area contributed by atoms with E-state index in [9.17, 15) is 5.11 Å². The van der Waals surface area contributed by atoms with Gasteiger partial charge < -0.3 is 9.67 Å². The molecule has 0 unspecified atom stereocenters. The highest BCUT2D eigenvalue weighted by Gasteiger charge is 2.35. The van der Waals surface area contributed by atoms with Gasteiger partial charge in [0.15, 0.2) is 0 Å². The van der Waals surface area contributed by atoms with Crippen LogP contribution >= 0.6 is 11.6 Å². The lowest BCUT2D eigenvalue weighted by Gasteiger charge is -2.40. The third kappa shape index (κ3) is 2.18. The minimum absolute atomic E-state index is 0.318. The molecule has 1 aromatic carbocycles. The van der Waals surface area contributed by atoms with Crippen LogP contribution in [0.25, 0.3) is 10.9 Å². The van der Waals surface area contributed by atoms with Crippen molar-refractivity contribution in [3.63, 3.8) is 0 Å². The van der Waals surface area contributed by atoms with E-state index in [4.69, 9.17) is 11.6 Å². The van der Waals surface area contributed by atoms with Crippen molar-refractivity contribution in [3.8, 4) is 0 Å². The van der Waals surface area contributed by atoms with Gasteiger partial charge in [0, 0.05) is 42.1 Å². The van der Waals surface area contributed by atoms with Gasteiger partial charge in [-0.25, -0.2) is 0 Å². The smallest absolute Gasteiger partial charge is 0.0802 e. The normalized spacial score (nSPS) is 22.8. The quantitative estimate of drug-likeness (QED) is 0.880. The number of benzene rings is 1. The van der Waals surface area contributed by atoms with Crippen molar-refractivity contribution in [2.24, 2.45) is 0 Å². The molecular weight excluding hydrogens is 296 g/mol. The molecule has 0 saturated carbocycles. The average Bonchev–Trinajstić information content (AvgIpc) is 2.85. The Morgan fingerprint density at radius 2 is 2.23 bits per heavy atom. The molecule has 2 heterocycles. The zero-order chi connectivity index (χ0) is 15.3. The zero-order valence-electron chi connectivity index (χ0n) is 13.1. The lowest BCUT2D eigenvalue weighted by molar-refractivity contribution is 0.0746. The molecule has 1 aromatic heterocycles. The standard InChI is InChI=1S/C18H23ClN2O/c1-12-5-6-16-15(9-12)14-3-2-4-17-18(14)21(16)8-7-20(17)11-13(22)10-19/h5-6,9,13,17,22H,2-4,7-8,10-11H2,1H3/t13-,17+/m0/s1. The maximum atomic E-state index is 9.95. The van der Waals surface area contributed by atoms with Crippen LogP contribution in [0.15, 0.2) is 18.2 Å². The van der Waals surface area contributed by atoms with Gasteiger partial charge in [-0.1, -0.05) is 11.6 Å². The molecule has 118 valence electrons. The summed E-state index contributed by atoms with van der Waals surface area (Å²) in [6.45, 7) is 4.88. The topological polar surface area (TPSA) is 28.4 Å². The molecule has 0 saturated heterocycles. The highest BCUT2D eigenvalue weighted by atomic mass is 35.5. The Kier molecular flexibility index (Phi) is 3.67. The number of aliphatic hydroxyl groups excluding tert-OH is 1. The highest BCUT2D eigenvalue weighted by molar-refractivity contribution is 6.18. The maximum absolute atomic E-state index is 9.95. The van der Waals surface area contributed by atoms with Gasteiger partial charge in [0.25, 0.3) is 0 Å². The third-order valence-corrected chi connectivity index (χ3v) is 5.62. The molecule has 22 heavy (non-hydrogen) atoms. The Morgan fingerprint density at radius 1 is 1.36 bits per heavy atom. The first-order valence-electron chi connectivity index (χ1n) is 8.28. The fourth-order valence-corrected chi connectivity index (χ4v) is 4.43. The van der Waals surface area contributed by atoms with Crippen LogP contribution in [0.1, 0.15) is 35.7 Å². The molecular formula is C18H23ClN2O. The number of halogens is 1. The molecule has 3 nitrogen and oxygen atoms in total. The number of nitrogens with zero attached hydrogens (tertiary/aromatic N) is 2. The van der Waals surface area contributed by atoms with Crippen molar-refractivity contribution >= 4 is 22.5 Å². The van der Waals surface area contributed by atoms with Gasteiger partial charge in [-0.05, 0) is 43.9 Å². The van der Waals surface area contributed by atoms with Crippen LogP contribution in [0.4, 0.5) is 0 Å². The second kappa shape index (κ2) is 5.55. The molecule has 2 aromatic rings. The second-order valence-corrected chi connectivity index (χ2v) is 7.06. The third-order valence-electron chi connectivity index (χ3n) is 5.26. The lowest BCUT2D eigenvalue weighted by Crippen LogP contribution is -2.43. The summed E-state index contributed by atoms with van der Waals surface area (Å²) in [7, 11) is 0. The maximum Gasteiger partial charge on any atom is 0.0802 e. The summed E-state index contributed by atoms with van der Waals surface area (Å²) in [5.74, 6) is 0.318. The van der Waals surface area contributed by atoms with E-state index in [1.54, 1.807) is 5.56 Å². The molecule has 1 aliphatic heterocycles. The SMILES string of the molecule is Cc1ccc2c(c1)c1c3n2CCN(C[C@@H](O)CCl)[C@@H]3CCC1. The predicted molar refractivity (Wildman–Crippen MR) is 90.7 cm³/mol. The molecule has 0 spiro atoms. The summed E-state index contributed by atoms with van der Waals surface area (Å²) in [5.41, 5.74) is 5.77. The first-order chi connectivity index (χ1) is 10.7. The largest absolute Gasteiger partial charge is 0.391 e. The van der Waals surface area contributed by atoms with E-state index < -0.39 is 6.10 Å². The molecule has 0 bridgehead atoms. The summed E-state index contributed by atoms with van der Waals surface area (Å²) in [5, 5.41) is 11.4. The van der Waals surface area contributed by atoms with Crippen molar-refractivity contribution < 1.29 is 5.11 Å². The Morgan fingerprint density at radius 3 is 3.05 bits per heavy atom. The molecule has 0 fully saturated rings. The fraction of sp³-hybridized carbons (Fsp3) is 0.556. The summed E-state index contributed by atoms with van der Waals surface area (Å²) in [4.78, 5) is 2.44. The number of β-amino-alcohol motifs (C(OH)–C–C–N with tert-alkyl or cyclic N) is 1. The summed E-state index contributed by atoms with van der Waals surface area (Å²) in [6.07, 6.45) is 3.19. The Labute approximate surface area is 136 Å². The number of aromatic nitrogens is 1. The molecule has 0 amide bonds. The molecule has 2 atom stereocenters. The van der Waals surface area contributed by atoms with Crippen LogP contribution in [-0.2, 0) is 13.0 Å². The monoisotopic (exact) mass is 318 g/mol. The Hall–Kier alpha value is -1.03. The zero-order valence-corrected chi connectivity index (χ0v) is 13.8. The Bertz CT molecular complexity index is 709. The molecule has 4 heteroatoms. The number of aliphatic hydroxyl groups is 1. The van der Waals surface area contributed by atoms with E-state index in [1.807, 2.05) is 0 Å². The number of alkyl halides is 1. The van der Waals surface area contributed by atoms with E-state index in [0.29, 0.717) is 18.5 Å². The van der Waals surface area contributed by atoms with Crippen molar-refractivity contribution in [2.75, 3.05) is 19.0 Å². The molecule has 1 aliphatic carbocycles. The van der Waals surface area contributed by atoms with Gasteiger partial charge in [-0.3, -0.25) is 4.90 Å². The lowest BCUT2D eigenvalue weighted by atomic mass is 9.89. The average molecular weight is 319 g/mol. The molecule has 0 radical (unpaired) electrons. The van der Waals surface area contributed by atoms with Crippen LogP contribution in [0, 0.1) is 6.92 Å². The van der Waals surface area contributed by atoms with Crippen LogP contribution in [0.2, 0.25) is 0 Å². The minimum atomic E-state index is -0.426. The minimum Gasteiger partial charge on any atom is -0.391 e. The van der Waals surface area contributed by atoms with E-state index in [2.05, 4.69) is 34.6 Å². The number of aryl methyl sites for hydroxylation is 2. The number of rotatable bonds is 3. The molecule has 4 rings (SSSR count). The number of hydrogen-bond donors (Lipinski definition) is 1. The number of hydrogen-bond acceptors (Lipinski definition) is 2. The number of fused-ring (bicyclic) bond motifs is 3. The van der Waals surface area contributed by atoms with Crippen molar-refractivity contribution in [2.45, 2.75) is 44.9 Å². The van der Waals surface area contributed by atoms with E-state index in [-0.39, 0.29) is 0 Å². The van der Waals surface area contributed by atoms with Crippen LogP contribution in [0.5, 0.6) is 0 Å². The summed E-state index contributed by atoms with van der Waals surface area (Å²) in [6, 6.07) is 7.29. The van der Waals surface area contributed by atoms with Gasteiger partial charge in [0.05, 0.1) is 12.1 Å². The van der Waals surface area contributed by atoms with Crippen LogP contribution in [-0.4, -0.2) is 39.6 Å². The summed E-state index contributed by atoms with van der Waals surface area (Å²) >= 11 is 5.81. The first-order valence-corrected chi connectivity index (χ1v) is 8.82. The van der Waals surface area contributed by atoms with Gasteiger partial charge in [0.2, 0.25) is 0 Å². The first kappa shape index (κ1) is 14.6.